The summed E-state index contributed by atoms with van der Waals surface area (Å²) in [5, 5.41) is 15.0. The van der Waals surface area contributed by atoms with Gasteiger partial charge in [-0.2, -0.15) is 0 Å². The zero-order valence-electron chi connectivity index (χ0n) is 18.9. The van der Waals surface area contributed by atoms with E-state index in [1.807, 2.05) is 37.1 Å². The van der Waals surface area contributed by atoms with Gasteiger partial charge in [-0.1, -0.05) is 51.6 Å². The van der Waals surface area contributed by atoms with Crippen LogP contribution in [-0.4, -0.2) is 67.5 Å². The largest absolute Gasteiger partial charge is 0.361 e. The Balaban J connectivity index is -0.000000551. The van der Waals surface area contributed by atoms with Gasteiger partial charge in [0.1, 0.15) is 13.4 Å². The summed E-state index contributed by atoms with van der Waals surface area (Å²) in [6.07, 6.45) is 5.31. The fourth-order valence-corrected chi connectivity index (χ4v) is 3.75. The average molecular weight is 458 g/mol. The Labute approximate surface area is 198 Å². The molecule has 1 aliphatic heterocycles. The molecule has 2 aliphatic rings. The normalized spacial score (nSPS) is 20.9. The fourth-order valence-electron chi connectivity index (χ4n) is 3.75. The van der Waals surface area contributed by atoms with Crippen molar-refractivity contribution >= 4 is 6.79 Å². The quantitative estimate of drug-likeness (QED) is 0.328. The highest BCUT2D eigenvalue weighted by molar-refractivity contribution is 5.13. The number of nitrogens with one attached hydrogen (secondary N) is 2. The molecule has 0 spiro atoms. The molecule has 0 aromatic heterocycles. The van der Waals surface area contributed by atoms with Crippen molar-refractivity contribution in [2.75, 3.05) is 32.9 Å². The molecule has 2 fully saturated rings. The summed E-state index contributed by atoms with van der Waals surface area (Å²) in [6, 6.07) is 10.9. The number of hydrogen-bond acceptors (Lipinski definition) is 7. The molecule has 1 saturated heterocycles. The minimum absolute atomic E-state index is 0. The molecule has 1 aromatic carbocycles. The van der Waals surface area contributed by atoms with E-state index in [9.17, 15) is 0 Å². The van der Waals surface area contributed by atoms with Gasteiger partial charge in [-0.15, -0.1) is 0 Å². The summed E-state index contributed by atoms with van der Waals surface area (Å²) in [7, 11) is 0. The summed E-state index contributed by atoms with van der Waals surface area (Å²) < 4.78 is 5.78. The number of carbonyl (C=O) groups is 1. The summed E-state index contributed by atoms with van der Waals surface area (Å²) in [5.41, 5.74) is 0.930. The molecule has 7 nitrogen and oxygen atoms in total. The molecule has 1 saturated carbocycles. The number of nitrogens with zero attached hydrogens (tertiary/aromatic N) is 1. The Morgan fingerprint density at radius 3 is 2.34 bits per heavy atom. The predicted octanol–water partition coefficient (Wildman–Crippen LogP) is 4.57. The smallest absolute Gasteiger partial charge is 0.107 e. The van der Waals surface area contributed by atoms with Crippen LogP contribution in [0.4, 0.5) is 0 Å². The van der Waals surface area contributed by atoms with E-state index in [2.05, 4.69) is 41.2 Å². The number of rotatable bonds is 6. The molecule has 1 heterocycles. The van der Waals surface area contributed by atoms with Gasteiger partial charge in [0.2, 0.25) is 0 Å². The molecule has 7 heteroatoms. The third-order valence-electron chi connectivity index (χ3n) is 5.27. The van der Waals surface area contributed by atoms with Gasteiger partial charge in [0.25, 0.3) is 0 Å². The van der Waals surface area contributed by atoms with Gasteiger partial charge in [-0.25, -0.2) is 4.89 Å². The molecular weight excluding hydrogens is 406 g/mol. The third-order valence-corrected chi connectivity index (χ3v) is 5.27. The summed E-state index contributed by atoms with van der Waals surface area (Å²) in [6.45, 7) is 14.0. The molecule has 1 aliphatic carbocycles. The van der Waals surface area contributed by atoms with Crippen molar-refractivity contribution in [3.05, 3.63) is 35.9 Å². The van der Waals surface area contributed by atoms with Gasteiger partial charge >= 0.3 is 0 Å². The van der Waals surface area contributed by atoms with Crippen molar-refractivity contribution < 1.29 is 21.1 Å². The molecule has 1 aromatic rings. The molecule has 3 N–H and O–H groups in total. The van der Waals surface area contributed by atoms with Crippen molar-refractivity contribution in [3.63, 3.8) is 0 Å². The highest BCUT2D eigenvalue weighted by atomic mass is 17.1. The lowest BCUT2D eigenvalue weighted by Crippen LogP contribution is -2.51. The number of carbonyl (C=O) groups excluding carboxylic acids is 1. The molecule has 0 bridgehead atoms. The second kappa shape index (κ2) is 19.1. The number of benzene rings is 1. The van der Waals surface area contributed by atoms with E-state index >= 15 is 0 Å². The monoisotopic (exact) mass is 457 g/mol. The molecule has 190 valence electrons. The molecule has 0 radical (unpaired) electrons. The fraction of sp³-hybridized carbons (Fsp3) is 0.720. The maximum Gasteiger partial charge on any atom is 0.107 e. The van der Waals surface area contributed by atoms with Gasteiger partial charge in [-0.3, -0.25) is 15.5 Å². The van der Waals surface area contributed by atoms with Gasteiger partial charge < -0.3 is 14.8 Å². The van der Waals surface area contributed by atoms with Crippen molar-refractivity contribution in [2.24, 2.45) is 0 Å². The van der Waals surface area contributed by atoms with E-state index in [1.165, 1.54) is 38.8 Å². The third kappa shape index (κ3) is 14.7. The minimum Gasteiger partial charge on any atom is -0.361 e. The predicted molar refractivity (Wildman–Crippen MR) is 136 cm³/mol. The van der Waals surface area contributed by atoms with Crippen LogP contribution >= 0.6 is 0 Å². The number of ether oxygens (including phenoxy) is 1. The van der Waals surface area contributed by atoms with Crippen LogP contribution in [0.5, 0.6) is 0 Å². The summed E-state index contributed by atoms with van der Waals surface area (Å²) in [5.74, 6) is 0. The van der Waals surface area contributed by atoms with Crippen molar-refractivity contribution in [1.82, 2.24) is 15.5 Å². The van der Waals surface area contributed by atoms with Gasteiger partial charge in [0.15, 0.2) is 0 Å². The topological polar surface area (TPSA) is 83.1 Å². The zero-order chi connectivity index (χ0) is 22.2. The van der Waals surface area contributed by atoms with E-state index in [0.29, 0.717) is 12.8 Å². The van der Waals surface area contributed by atoms with E-state index < -0.39 is 0 Å². The number of hydrogen-bond donors (Lipinski definition) is 3. The van der Waals surface area contributed by atoms with E-state index in [4.69, 9.17) is 14.8 Å². The van der Waals surface area contributed by atoms with Gasteiger partial charge in [0.05, 0.1) is 12.3 Å². The first-order valence-corrected chi connectivity index (χ1v) is 10.9. The Morgan fingerprint density at radius 2 is 1.78 bits per heavy atom. The van der Waals surface area contributed by atoms with Crippen LogP contribution in [-0.2, 0) is 21.0 Å². The van der Waals surface area contributed by atoms with Crippen molar-refractivity contribution in [1.29, 1.82) is 0 Å². The van der Waals surface area contributed by atoms with Crippen LogP contribution in [0.25, 0.3) is 0 Å². The second-order valence-electron chi connectivity index (χ2n) is 8.67. The van der Waals surface area contributed by atoms with Crippen LogP contribution in [0.3, 0.4) is 0 Å². The lowest BCUT2D eigenvalue weighted by molar-refractivity contribution is -0.253. The van der Waals surface area contributed by atoms with Crippen LogP contribution in [0.15, 0.2) is 30.3 Å². The number of piperazine rings is 1. The first-order chi connectivity index (χ1) is 14.5. The highest BCUT2D eigenvalue weighted by Gasteiger charge is 2.27. The first-order valence-electron chi connectivity index (χ1n) is 10.9. The highest BCUT2D eigenvalue weighted by Crippen LogP contribution is 2.23. The lowest BCUT2D eigenvalue weighted by Gasteiger charge is -2.40. The summed E-state index contributed by atoms with van der Waals surface area (Å²) >= 11 is 0. The second-order valence-corrected chi connectivity index (χ2v) is 8.67. The van der Waals surface area contributed by atoms with E-state index in [1.54, 1.807) is 0 Å². The molecular formula is C25H51N3O4. The minimum atomic E-state index is -0.0421. The van der Waals surface area contributed by atoms with Gasteiger partial charge in [-0.05, 0) is 45.6 Å². The van der Waals surface area contributed by atoms with Crippen LogP contribution in [0, 0.1) is 0 Å². The molecule has 3 rings (SSSR count). The molecule has 2 atom stereocenters. The van der Waals surface area contributed by atoms with Crippen LogP contribution < -0.4 is 10.6 Å². The van der Waals surface area contributed by atoms with Crippen molar-refractivity contribution in [3.8, 4) is 0 Å². The van der Waals surface area contributed by atoms with E-state index in [-0.39, 0.29) is 28.5 Å². The Morgan fingerprint density at radius 1 is 1.16 bits per heavy atom. The maximum atomic E-state index is 8.02. The molecule has 1 unspecified atom stereocenters. The Hall–Kier alpha value is -1.35. The van der Waals surface area contributed by atoms with E-state index in [0.717, 1.165) is 24.7 Å². The average Bonchev–Trinajstić information content (AvgIpc) is 2.77. The summed E-state index contributed by atoms with van der Waals surface area (Å²) in [4.78, 5) is 14.6. The van der Waals surface area contributed by atoms with Crippen LogP contribution in [0.1, 0.15) is 68.3 Å². The van der Waals surface area contributed by atoms with Crippen LogP contribution in [0.2, 0.25) is 0 Å². The van der Waals surface area contributed by atoms with Gasteiger partial charge in [0, 0.05) is 39.7 Å². The van der Waals surface area contributed by atoms with Crippen molar-refractivity contribution in [2.45, 2.75) is 85.6 Å². The molecule has 0 amide bonds. The maximum absolute atomic E-state index is 8.02. The Kier molecular flexibility index (Phi) is 19.6. The standard InChI is InChI=1S/C15H31N3O.C7H8O2.CH2O.2CH4.H2/c1-15(2,3)19-12-17-13-5-4-6-14(11-13)18-9-7-16-8-10-18;8-9-6-7-4-2-1-3-5-7;1-2;;;/h13-14,16-17H,4-12H2,1-3H3;1-5,8H,6H2;1H2;2*1H4;1H/t13-,14?;;;;;/m1...../s1. The lowest BCUT2D eigenvalue weighted by atomic mass is 9.89. The first kappa shape index (κ1) is 32.8. The SMILES string of the molecule is C.C.C=O.CC(C)(C)OCN[C@@H]1CCCC(N2CCNCC2)C1.OOCc1ccccc1.[HH]. The Bertz CT molecular complexity index is 540. The zero-order valence-corrected chi connectivity index (χ0v) is 18.9. The molecule has 32 heavy (non-hydrogen) atoms.